The maximum Gasteiger partial charge on any atom is 0.407 e. The number of benzene rings is 2. The van der Waals surface area contributed by atoms with E-state index in [1.807, 2.05) is 53.8 Å². The van der Waals surface area contributed by atoms with Gasteiger partial charge in [-0.1, -0.05) is 61.9 Å². The number of hydrogen-bond acceptors (Lipinski definition) is 4. The lowest BCUT2D eigenvalue weighted by molar-refractivity contribution is -0.181. The van der Waals surface area contributed by atoms with Crippen LogP contribution in [0.3, 0.4) is 0 Å². The molecule has 0 aliphatic heterocycles. The van der Waals surface area contributed by atoms with Crippen molar-refractivity contribution >= 4 is 18.0 Å². The smallest absolute Gasteiger partial charge is 0.407 e. The molecule has 0 bridgehead atoms. The monoisotopic (exact) mass is 492 g/mol. The Morgan fingerprint density at radius 1 is 1.03 bits per heavy atom. The highest BCUT2D eigenvalue weighted by molar-refractivity contribution is 5.82. The Kier molecular flexibility index (Phi) is 8.37. The molecule has 35 heavy (non-hydrogen) atoms. The van der Waals surface area contributed by atoms with Gasteiger partial charge in [-0.15, -0.1) is 0 Å². The van der Waals surface area contributed by atoms with Crippen LogP contribution in [-0.2, 0) is 14.3 Å². The maximum absolute atomic E-state index is 13.5. The predicted molar refractivity (Wildman–Crippen MR) is 122 cm³/mol. The Morgan fingerprint density at radius 2 is 1.60 bits per heavy atom. The number of rotatable bonds is 10. The maximum atomic E-state index is 13.5. The second-order valence-corrected chi connectivity index (χ2v) is 8.39. The van der Waals surface area contributed by atoms with Crippen LogP contribution >= 0.6 is 0 Å². The number of hydrogen-bond donors (Lipinski definition) is 3. The fourth-order valence-corrected chi connectivity index (χ4v) is 4.28. The van der Waals surface area contributed by atoms with Gasteiger partial charge in [0.1, 0.15) is 6.61 Å². The van der Waals surface area contributed by atoms with E-state index in [1.54, 1.807) is 6.92 Å². The van der Waals surface area contributed by atoms with E-state index >= 15 is 0 Å². The number of ether oxygens (including phenoxy) is 1. The molecule has 2 aromatic rings. The molecule has 2 atom stereocenters. The van der Waals surface area contributed by atoms with Gasteiger partial charge in [0.2, 0.25) is 5.91 Å². The Morgan fingerprint density at radius 3 is 2.11 bits per heavy atom. The van der Waals surface area contributed by atoms with Gasteiger partial charge in [0.15, 0.2) is 5.92 Å². The number of nitrogens with one attached hydrogen (secondary N) is 2. The Hall–Kier alpha value is -3.56. The van der Waals surface area contributed by atoms with E-state index in [1.165, 1.54) is 0 Å². The van der Waals surface area contributed by atoms with Crippen LogP contribution in [-0.4, -0.2) is 48.4 Å². The second kappa shape index (κ2) is 11.2. The zero-order valence-corrected chi connectivity index (χ0v) is 19.1. The van der Waals surface area contributed by atoms with Gasteiger partial charge in [0.05, 0.1) is 6.42 Å². The molecule has 1 aliphatic carbocycles. The number of alkyl carbamates (subject to hydrolysis) is 1. The molecular weight excluding hydrogens is 465 g/mol. The van der Waals surface area contributed by atoms with Crippen LogP contribution in [0.25, 0.3) is 11.1 Å². The number of amides is 2. The van der Waals surface area contributed by atoms with Gasteiger partial charge in [0.25, 0.3) is 0 Å². The molecule has 2 unspecified atom stereocenters. The van der Waals surface area contributed by atoms with Crippen molar-refractivity contribution in [2.45, 2.75) is 44.3 Å². The molecule has 2 amide bonds. The number of carboxylic acid groups (broad SMARTS) is 1. The topological polar surface area (TPSA) is 105 Å². The van der Waals surface area contributed by atoms with Crippen LogP contribution in [0, 0.1) is 5.92 Å². The average molecular weight is 492 g/mol. The highest BCUT2D eigenvalue weighted by atomic mass is 19.4. The molecule has 2 aromatic carbocycles. The summed E-state index contributed by atoms with van der Waals surface area (Å²) in [6.45, 7) is 0.610. The molecule has 3 rings (SSSR count). The molecular formula is C25H27F3N2O5. The van der Waals surface area contributed by atoms with Gasteiger partial charge < -0.3 is 20.5 Å². The fraction of sp³-hybridized carbons (Fsp3) is 0.400. The van der Waals surface area contributed by atoms with Crippen molar-refractivity contribution in [2.75, 3.05) is 13.2 Å². The summed E-state index contributed by atoms with van der Waals surface area (Å²) < 4.78 is 45.8. The van der Waals surface area contributed by atoms with Crippen molar-refractivity contribution < 1.29 is 37.4 Å². The van der Waals surface area contributed by atoms with E-state index in [9.17, 15) is 27.6 Å². The number of carboxylic acids is 1. The Balaban J connectivity index is 1.61. The lowest BCUT2D eigenvalue weighted by Crippen LogP contribution is -2.49. The highest BCUT2D eigenvalue weighted by Gasteiger charge is 2.45. The van der Waals surface area contributed by atoms with Gasteiger partial charge >= 0.3 is 18.2 Å². The van der Waals surface area contributed by atoms with Crippen molar-refractivity contribution in [3.63, 3.8) is 0 Å². The van der Waals surface area contributed by atoms with E-state index in [2.05, 4.69) is 5.32 Å². The lowest BCUT2D eigenvalue weighted by atomic mass is 9.98. The van der Waals surface area contributed by atoms with Crippen LogP contribution in [0.2, 0.25) is 0 Å². The quantitative estimate of drug-likeness (QED) is 0.454. The van der Waals surface area contributed by atoms with Gasteiger partial charge in [0, 0.05) is 18.5 Å². The molecule has 0 saturated heterocycles. The molecule has 0 spiro atoms. The second-order valence-electron chi connectivity index (χ2n) is 8.39. The van der Waals surface area contributed by atoms with Crippen molar-refractivity contribution in [1.29, 1.82) is 0 Å². The first-order valence-corrected chi connectivity index (χ1v) is 11.3. The van der Waals surface area contributed by atoms with Gasteiger partial charge in [-0.3, -0.25) is 9.59 Å². The Labute approximate surface area is 200 Å². The van der Waals surface area contributed by atoms with Crippen molar-refractivity contribution in [3.05, 3.63) is 59.7 Å². The molecule has 0 heterocycles. The number of carbonyl (C=O) groups is 3. The third-order valence-corrected chi connectivity index (χ3v) is 5.91. The van der Waals surface area contributed by atoms with Crippen LogP contribution < -0.4 is 10.6 Å². The van der Waals surface area contributed by atoms with Crippen molar-refractivity contribution in [3.8, 4) is 11.1 Å². The summed E-state index contributed by atoms with van der Waals surface area (Å²) in [4.78, 5) is 35.5. The molecule has 0 aromatic heterocycles. The third-order valence-electron chi connectivity index (χ3n) is 5.91. The summed E-state index contributed by atoms with van der Waals surface area (Å²) in [5.74, 6) is -5.43. The van der Waals surface area contributed by atoms with Crippen LogP contribution in [0.4, 0.5) is 18.0 Å². The molecule has 3 N–H and O–H groups in total. The SMILES string of the molecule is CCCC(CC(=O)O)NC(=O)C(CNC(=O)OCC1c2ccccc2-c2ccccc21)C(F)(F)F. The molecule has 10 heteroatoms. The van der Waals surface area contributed by atoms with Crippen LogP contribution in [0.15, 0.2) is 48.5 Å². The first kappa shape index (κ1) is 26.1. The number of fused-ring (bicyclic) bond motifs is 3. The van der Waals surface area contributed by atoms with Crippen molar-refractivity contribution in [1.82, 2.24) is 10.6 Å². The summed E-state index contributed by atoms with van der Waals surface area (Å²) in [6.07, 6.45) is -5.83. The van der Waals surface area contributed by atoms with Crippen LogP contribution in [0.1, 0.15) is 43.2 Å². The highest BCUT2D eigenvalue weighted by Crippen LogP contribution is 2.44. The van der Waals surface area contributed by atoms with Gasteiger partial charge in [-0.2, -0.15) is 13.2 Å². The zero-order valence-electron chi connectivity index (χ0n) is 19.1. The minimum atomic E-state index is -4.94. The summed E-state index contributed by atoms with van der Waals surface area (Å²) in [7, 11) is 0. The molecule has 1 aliphatic rings. The molecule has 0 radical (unpaired) electrons. The zero-order chi connectivity index (χ0) is 25.6. The lowest BCUT2D eigenvalue weighted by Gasteiger charge is -2.23. The summed E-state index contributed by atoms with van der Waals surface area (Å²) in [5.41, 5.74) is 3.92. The molecule has 0 fully saturated rings. The summed E-state index contributed by atoms with van der Waals surface area (Å²) in [5, 5.41) is 13.1. The summed E-state index contributed by atoms with van der Waals surface area (Å²) in [6, 6.07) is 14.3. The summed E-state index contributed by atoms with van der Waals surface area (Å²) >= 11 is 0. The van der Waals surface area contributed by atoms with Crippen LogP contribution in [0.5, 0.6) is 0 Å². The van der Waals surface area contributed by atoms with Gasteiger partial charge in [-0.05, 0) is 28.7 Å². The van der Waals surface area contributed by atoms with E-state index in [-0.39, 0.29) is 18.9 Å². The standard InChI is InChI=1S/C25H27F3N2O5/c1-2-7-15(12-22(31)32)30-23(33)21(25(26,27)28)13-29-24(34)35-14-20-18-10-5-3-8-16(18)17-9-4-6-11-19(17)20/h3-6,8-11,15,20-21H,2,7,12-14H2,1H3,(H,29,34)(H,30,33)(H,31,32). The number of halogens is 3. The largest absolute Gasteiger partial charge is 0.481 e. The first-order valence-electron chi connectivity index (χ1n) is 11.3. The average Bonchev–Trinajstić information content (AvgIpc) is 3.10. The van der Waals surface area contributed by atoms with E-state index < -0.39 is 49.1 Å². The number of carbonyl (C=O) groups excluding carboxylic acids is 2. The number of alkyl halides is 3. The predicted octanol–water partition coefficient (Wildman–Crippen LogP) is 4.46. The van der Waals surface area contributed by atoms with Gasteiger partial charge in [-0.25, -0.2) is 4.79 Å². The molecule has 188 valence electrons. The van der Waals surface area contributed by atoms with E-state index in [0.29, 0.717) is 6.42 Å². The number of aliphatic carboxylic acids is 1. The fourth-order valence-electron chi connectivity index (χ4n) is 4.28. The Bertz CT molecular complexity index is 1030. The normalized spacial score (nSPS) is 14.4. The van der Waals surface area contributed by atoms with E-state index in [0.717, 1.165) is 22.3 Å². The minimum Gasteiger partial charge on any atom is -0.481 e. The third kappa shape index (κ3) is 6.52. The minimum absolute atomic E-state index is 0.0834. The molecule has 0 saturated carbocycles. The van der Waals surface area contributed by atoms with Crippen molar-refractivity contribution in [2.24, 2.45) is 5.92 Å². The first-order chi connectivity index (χ1) is 16.6. The molecule has 7 nitrogen and oxygen atoms in total. The van der Waals surface area contributed by atoms with E-state index in [4.69, 9.17) is 9.84 Å².